The minimum Gasteiger partial charge on any atom is -0.272 e. The van der Waals surface area contributed by atoms with Crippen LogP contribution in [0.3, 0.4) is 0 Å². The van der Waals surface area contributed by atoms with Crippen molar-refractivity contribution in [3.63, 3.8) is 0 Å². The van der Waals surface area contributed by atoms with Crippen molar-refractivity contribution in [2.45, 2.75) is 11.4 Å². The zero-order chi connectivity index (χ0) is 21.4. The van der Waals surface area contributed by atoms with Crippen LogP contribution in [0.1, 0.15) is 11.1 Å². The van der Waals surface area contributed by atoms with E-state index in [2.05, 4.69) is 26.5 Å². The molecular formula is C22H20BrN3O3S. The van der Waals surface area contributed by atoms with Crippen molar-refractivity contribution in [1.29, 1.82) is 0 Å². The summed E-state index contributed by atoms with van der Waals surface area (Å²) >= 11 is 3.30. The van der Waals surface area contributed by atoms with Gasteiger partial charge in [0.1, 0.15) is 0 Å². The predicted molar refractivity (Wildman–Crippen MR) is 120 cm³/mol. The highest BCUT2D eigenvalue weighted by Gasteiger charge is 2.26. The summed E-state index contributed by atoms with van der Waals surface area (Å²) in [5, 5.41) is 3.92. The molecule has 3 rings (SSSR count). The van der Waals surface area contributed by atoms with Gasteiger partial charge in [-0.15, -0.1) is 0 Å². The summed E-state index contributed by atoms with van der Waals surface area (Å²) in [6.45, 7) is -0.297. The second-order valence-electron chi connectivity index (χ2n) is 6.42. The topological polar surface area (TPSA) is 78.8 Å². The van der Waals surface area contributed by atoms with Crippen molar-refractivity contribution >= 4 is 38.1 Å². The van der Waals surface area contributed by atoms with Gasteiger partial charge in [0.05, 0.1) is 17.7 Å². The number of halogens is 1. The molecule has 0 saturated heterocycles. The summed E-state index contributed by atoms with van der Waals surface area (Å²) in [5.41, 5.74) is 3.99. The molecule has 3 aromatic carbocycles. The number of amides is 1. The van der Waals surface area contributed by atoms with Crippen LogP contribution < -0.4 is 5.43 Å². The molecule has 0 aromatic heterocycles. The smallest absolute Gasteiger partial charge is 0.255 e. The van der Waals surface area contributed by atoms with E-state index in [1.54, 1.807) is 12.1 Å². The molecule has 0 fully saturated rings. The van der Waals surface area contributed by atoms with Crippen molar-refractivity contribution in [2.24, 2.45) is 5.10 Å². The van der Waals surface area contributed by atoms with E-state index >= 15 is 0 Å². The van der Waals surface area contributed by atoms with Crippen LogP contribution >= 0.6 is 15.9 Å². The van der Waals surface area contributed by atoms with E-state index in [1.165, 1.54) is 18.3 Å². The highest BCUT2D eigenvalue weighted by molar-refractivity contribution is 9.10. The Labute approximate surface area is 184 Å². The number of nitrogens with one attached hydrogen (secondary N) is 1. The lowest BCUT2D eigenvalue weighted by atomic mass is 10.2. The fourth-order valence-electron chi connectivity index (χ4n) is 2.68. The number of hydrogen-bond donors (Lipinski definition) is 1. The van der Waals surface area contributed by atoms with Crippen molar-refractivity contribution < 1.29 is 13.2 Å². The molecule has 154 valence electrons. The first kappa shape index (κ1) is 21.9. The van der Waals surface area contributed by atoms with Crippen LogP contribution in [0.15, 0.2) is 99.4 Å². The fourth-order valence-corrected chi connectivity index (χ4v) is 4.33. The van der Waals surface area contributed by atoms with Gasteiger partial charge >= 0.3 is 0 Å². The first-order valence-electron chi connectivity index (χ1n) is 9.12. The third-order valence-corrected chi connectivity index (χ3v) is 6.51. The van der Waals surface area contributed by atoms with Crippen LogP contribution in [-0.2, 0) is 21.4 Å². The van der Waals surface area contributed by atoms with Gasteiger partial charge < -0.3 is 0 Å². The molecule has 8 heteroatoms. The third-order valence-electron chi connectivity index (χ3n) is 4.18. The van der Waals surface area contributed by atoms with Crippen molar-refractivity contribution in [1.82, 2.24) is 9.73 Å². The van der Waals surface area contributed by atoms with E-state index in [-0.39, 0.29) is 18.0 Å². The summed E-state index contributed by atoms with van der Waals surface area (Å²) in [6.07, 6.45) is 1.50. The third kappa shape index (κ3) is 6.09. The molecular weight excluding hydrogens is 466 g/mol. The molecule has 0 spiro atoms. The SMILES string of the molecule is O=C(CN(Cc1ccccc1)S(=O)(=O)c1ccc(Br)cc1)N/N=C\c1ccccc1. The second kappa shape index (κ2) is 10.3. The summed E-state index contributed by atoms with van der Waals surface area (Å²) in [7, 11) is -3.89. The molecule has 3 aromatic rings. The van der Waals surface area contributed by atoms with Gasteiger partial charge in [0, 0.05) is 11.0 Å². The van der Waals surface area contributed by atoms with Gasteiger partial charge in [0.25, 0.3) is 5.91 Å². The second-order valence-corrected chi connectivity index (χ2v) is 9.27. The maximum atomic E-state index is 13.2. The van der Waals surface area contributed by atoms with Crippen LogP contribution in [0.4, 0.5) is 0 Å². The number of hydrogen-bond acceptors (Lipinski definition) is 4. The van der Waals surface area contributed by atoms with Gasteiger partial charge in [0.15, 0.2) is 0 Å². The number of rotatable bonds is 8. The predicted octanol–water partition coefficient (Wildman–Crippen LogP) is 3.79. The van der Waals surface area contributed by atoms with Crippen molar-refractivity contribution in [3.05, 3.63) is 101 Å². The molecule has 0 saturated carbocycles. The molecule has 0 aliphatic rings. The number of hydrazone groups is 1. The number of carbonyl (C=O) groups is 1. The van der Waals surface area contributed by atoms with Gasteiger partial charge in [-0.25, -0.2) is 13.8 Å². The van der Waals surface area contributed by atoms with Gasteiger partial charge in [0.2, 0.25) is 10.0 Å². The largest absolute Gasteiger partial charge is 0.272 e. The average molecular weight is 486 g/mol. The Morgan fingerprint density at radius 1 is 0.933 bits per heavy atom. The lowest BCUT2D eigenvalue weighted by Crippen LogP contribution is -2.39. The Hall–Kier alpha value is -2.81. The minimum absolute atomic E-state index is 0.0645. The molecule has 0 bridgehead atoms. The molecule has 0 unspecified atom stereocenters. The first-order chi connectivity index (χ1) is 14.4. The van der Waals surface area contributed by atoms with Gasteiger partial charge in [-0.05, 0) is 35.4 Å². The molecule has 0 heterocycles. The van der Waals surface area contributed by atoms with Crippen LogP contribution in [0.5, 0.6) is 0 Å². The fraction of sp³-hybridized carbons (Fsp3) is 0.0909. The van der Waals surface area contributed by atoms with E-state index in [0.29, 0.717) is 0 Å². The van der Waals surface area contributed by atoms with E-state index in [4.69, 9.17) is 0 Å². The average Bonchev–Trinajstić information content (AvgIpc) is 2.75. The quantitative estimate of drug-likeness (QED) is 0.389. The molecule has 0 aliphatic carbocycles. The first-order valence-corrected chi connectivity index (χ1v) is 11.3. The minimum atomic E-state index is -3.89. The number of sulfonamides is 1. The molecule has 0 radical (unpaired) electrons. The molecule has 0 aliphatic heterocycles. The van der Waals surface area contributed by atoms with Crippen LogP contribution in [0.25, 0.3) is 0 Å². The van der Waals surface area contributed by atoms with Gasteiger partial charge in [-0.3, -0.25) is 4.79 Å². The summed E-state index contributed by atoms with van der Waals surface area (Å²) in [4.78, 5) is 12.5. The van der Waals surface area contributed by atoms with Crippen LogP contribution in [0, 0.1) is 0 Å². The van der Waals surface area contributed by atoms with Crippen molar-refractivity contribution in [2.75, 3.05) is 6.54 Å². The maximum absolute atomic E-state index is 13.2. The highest BCUT2D eigenvalue weighted by Crippen LogP contribution is 2.20. The monoisotopic (exact) mass is 485 g/mol. The summed E-state index contributed by atoms with van der Waals surface area (Å²) in [6, 6.07) is 24.7. The Morgan fingerprint density at radius 3 is 2.17 bits per heavy atom. The molecule has 0 atom stereocenters. The number of benzene rings is 3. The van der Waals surface area contributed by atoms with Gasteiger partial charge in [-0.2, -0.15) is 9.41 Å². The molecule has 6 nitrogen and oxygen atoms in total. The Bertz CT molecular complexity index is 1100. The van der Waals surface area contributed by atoms with Crippen LogP contribution in [0.2, 0.25) is 0 Å². The Balaban J connectivity index is 1.77. The zero-order valence-corrected chi connectivity index (χ0v) is 18.4. The summed E-state index contributed by atoms with van der Waals surface area (Å²) < 4.78 is 28.2. The van der Waals surface area contributed by atoms with E-state index < -0.39 is 15.9 Å². The van der Waals surface area contributed by atoms with E-state index in [9.17, 15) is 13.2 Å². The normalized spacial score (nSPS) is 11.7. The molecule has 1 amide bonds. The van der Waals surface area contributed by atoms with Crippen LogP contribution in [-0.4, -0.2) is 31.4 Å². The highest BCUT2D eigenvalue weighted by atomic mass is 79.9. The Morgan fingerprint density at radius 2 is 1.53 bits per heavy atom. The molecule has 1 N–H and O–H groups in total. The summed E-state index contributed by atoms with van der Waals surface area (Å²) in [5.74, 6) is -0.529. The number of carbonyl (C=O) groups excluding carboxylic acids is 1. The Kier molecular flexibility index (Phi) is 7.51. The number of nitrogens with zero attached hydrogens (tertiary/aromatic N) is 2. The molecule has 30 heavy (non-hydrogen) atoms. The maximum Gasteiger partial charge on any atom is 0.255 e. The lowest BCUT2D eigenvalue weighted by molar-refractivity contribution is -0.121. The zero-order valence-electron chi connectivity index (χ0n) is 16.0. The van der Waals surface area contributed by atoms with E-state index in [1.807, 2.05) is 60.7 Å². The standard InChI is InChI=1S/C22H20BrN3O3S/c23-20-11-13-21(14-12-20)30(28,29)26(16-19-9-5-2-6-10-19)17-22(27)25-24-15-18-7-3-1-4-8-18/h1-15H,16-17H2,(H,25,27)/b24-15-. The van der Waals surface area contributed by atoms with Gasteiger partial charge in [-0.1, -0.05) is 76.6 Å². The van der Waals surface area contributed by atoms with E-state index in [0.717, 1.165) is 19.9 Å². The van der Waals surface area contributed by atoms with Crippen molar-refractivity contribution in [3.8, 4) is 0 Å². The lowest BCUT2D eigenvalue weighted by Gasteiger charge is -2.21.